The molecule has 3 heterocycles. The highest BCUT2D eigenvalue weighted by molar-refractivity contribution is 5.83. The third-order valence-corrected chi connectivity index (χ3v) is 5.74. The second-order valence-electron chi connectivity index (χ2n) is 8.60. The maximum absolute atomic E-state index is 12.5. The molecule has 0 saturated carbocycles. The number of hydrogen-bond donors (Lipinski definition) is 2. The maximum atomic E-state index is 12.5. The van der Waals surface area contributed by atoms with Gasteiger partial charge in [0.15, 0.2) is 0 Å². The summed E-state index contributed by atoms with van der Waals surface area (Å²) in [5.74, 6) is 1.22. The number of likely N-dealkylation sites (tertiary alicyclic amines) is 1. The third kappa shape index (κ3) is 4.46. The van der Waals surface area contributed by atoms with Crippen molar-refractivity contribution in [2.24, 2.45) is 18.9 Å². The third-order valence-electron chi connectivity index (χ3n) is 5.74. The Hall–Kier alpha value is -2.15. The van der Waals surface area contributed by atoms with Crippen LogP contribution in [0.15, 0.2) is 4.79 Å². The fourth-order valence-corrected chi connectivity index (χ4v) is 4.40. The first-order chi connectivity index (χ1) is 13.3. The molecule has 1 saturated heterocycles. The number of aromatic nitrogens is 3. The molecule has 1 atom stereocenters. The normalized spacial score (nSPS) is 17.7. The molecule has 0 unspecified atom stereocenters. The van der Waals surface area contributed by atoms with Gasteiger partial charge in [0.1, 0.15) is 5.65 Å². The molecule has 0 bridgehead atoms. The van der Waals surface area contributed by atoms with Gasteiger partial charge in [-0.25, -0.2) is 0 Å². The molecule has 7 heteroatoms. The average molecular weight is 388 g/mol. The van der Waals surface area contributed by atoms with Crippen molar-refractivity contribution in [2.75, 3.05) is 26.2 Å². The van der Waals surface area contributed by atoms with Gasteiger partial charge in [0.05, 0.1) is 5.69 Å². The van der Waals surface area contributed by atoms with Gasteiger partial charge in [-0.3, -0.25) is 14.3 Å². The first kappa shape index (κ1) is 20.6. The number of hydrogen-bond acceptors (Lipinski definition) is 4. The molecule has 154 valence electrons. The first-order valence-corrected chi connectivity index (χ1v) is 10.3. The summed E-state index contributed by atoms with van der Waals surface area (Å²) in [6.45, 7) is 12.4. The second kappa shape index (κ2) is 8.47. The summed E-state index contributed by atoms with van der Waals surface area (Å²) < 4.78 is 1.69. The molecular weight excluding hydrogens is 354 g/mol. The van der Waals surface area contributed by atoms with Crippen molar-refractivity contribution in [1.29, 1.82) is 0 Å². The van der Waals surface area contributed by atoms with Gasteiger partial charge in [0, 0.05) is 44.1 Å². The van der Waals surface area contributed by atoms with Crippen molar-refractivity contribution in [1.82, 2.24) is 25.0 Å². The van der Waals surface area contributed by atoms with Crippen molar-refractivity contribution in [3.05, 3.63) is 27.2 Å². The van der Waals surface area contributed by atoms with Gasteiger partial charge in [-0.05, 0) is 50.6 Å². The number of pyridine rings is 1. The number of nitrogens with one attached hydrogen (secondary N) is 2. The van der Waals surface area contributed by atoms with Crippen molar-refractivity contribution < 1.29 is 4.79 Å². The van der Waals surface area contributed by atoms with Gasteiger partial charge in [0.25, 0.3) is 5.56 Å². The summed E-state index contributed by atoms with van der Waals surface area (Å²) in [5, 5.41) is 8.44. The number of rotatable bonds is 7. The van der Waals surface area contributed by atoms with Crippen molar-refractivity contribution in [3.8, 4) is 0 Å². The van der Waals surface area contributed by atoms with E-state index >= 15 is 0 Å². The van der Waals surface area contributed by atoms with E-state index in [1.807, 2.05) is 20.9 Å². The van der Waals surface area contributed by atoms with Gasteiger partial charge in [-0.15, -0.1) is 0 Å². The molecule has 2 N–H and O–H groups in total. The van der Waals surface area contributed by atoms with E-state index < -0.39 is 0 Å². The average Bonchev–Trinajstić information content (AvgIpc) is 3.16. The van der Waals surface area contributed by atoms with Crippen LogP contribution in [0.25, 0.3) is 11.0 Å². The smallest absolute Gasteiger partial charge is 0.253 e. The second-order valence-corrected chi connectivity index (χ2v) is 8.60. The quantitative estimate of drug-likeness (QED) is 0.760. The molecule has 7 nitrogen and oxygen atoms in total. The SMILES string of the molecule is Cc1nn(C)c2[nH]c(=O)c(CCC(=O)NC[C@@H]3CCN(CC(C)C)C3)c(C)c12. The predicted octanol–water partition coefficient (Wildman–Crippen LogP) is 1.91. The number of nitrogens with zero attached hydrogens (tertiary/aromatic N) is 3. The van der Waals surface area contributed by atoms with Gasteiger partial charge in [0.2, 0.25) is 5.91 Å². The van der Waals surface area contributed by atoms with E-state index in [9.17, 15) is 9.59 Å². The lowest BCUT2D eigenvalue weighted by Gasteiger charge is -2.18. The minimum Gasteiger partial charge on any atom is -0.356 e. The van der Waals surface area contributed by atoms with Crippen LogP contribution in [0.1, 0.15) is 43.5 Å². The summed E-state index contributed by atoms with van der Waals surface area (Å²) in [6.07, 6.45) is 1.92. The zero-order valence-corrected chi connectivity index (χ0v) is 17.8. The molecule has 28 heavy (non-hydrogen) atoms. The van der Waals surface area contributed by atoms with Crippen LogP contribution in [0.4, 0.5) is 0 Å². The van der Waals surface area contributed by atoms with E-state index in [2.05, 4.69) is 34.1 Å². The van der Waals surface area contributed by atoms with Crippen LogP contribution in [-0.4, -0.2) is 51.8 Å². The van der Waals surface area contributed by atoms with Crippen LogP contribution in [0.5, 0.6) is 0 Å². The molecule has 1 fully saturated rings. The summed E-state index contributed by atoms with van der Waals surface area (Å²) in [5.41, 5.74) is 3.12. The highest BCUT2D eigenvalue weighted by Gasteiger charge is 2.23. The van der Waals surface area contributed by atoms with Crippen molar-refractivity contribution >= 4 is 16.9 Å². The van der Waals surface area contributed by atoms with Crippen molar-refractivity contribution in [3.63, 3.8) is 0 Å². The summed E-state index contributed by atoms with van der Waals surface area (Å²) >= 11 is 0. The fraction of sp³-hybridized carbons (Fsp3) is 0.667. The Bertz CT molecular complexity index is 912. The van der Waals surface area contributed by atoms with Gasteiger partial charge in [-0.1, -0.05) is 13.8 Å². The number of fused-ring (bicyclic) bond motifs is 1. The minimum atomic E-state index is -0.124. The van der Waals surface area contributed by atoms with E-state index in [-0.39, 0.29) is 11.5 Å². The Morgan fingerprint density at radius 1 is 1.36 bits per heavy atom. The van der Waals surface area contributed by atoms with Gasteiger partial charge < -0.3 is 15.2 Å². The Morgan fingerprint density at radius 3 is 2.82 bits per heavy atom. The van der Waals surface area contributed by atoms with Crippen LogP contribution in [0.3, 0.4) is 0 Å². The topological polar surface area (TPSA) is 83.0 Å². The predicted molar refractivity (Wildman–Crippen MR) is 112 cm³/mol. The minimum absolute atomic E-state index is 0.0177. The molecule has 0 radical (unpaired) electrons. The molecule has 1 aliphatic rings. The highest BCUT2D eigenvalue weighted by Crippen LogP contribution is 2.21. The van der Waals surface area contributed by atoms with Crippen molar-refractivity contribution in [2.45, 2.75) is 47.0 Å². The van der Waals surface area contributed by atoms with E-state index in [1.54, 1.807) is 4.68 Å². The Morgan fingerprint density at radius 2 is 2.11 bits per heavy atom. The number of aromatic amines is 1. The zero-order valence-electron chi connectivity index (χ0n) is 17.8. The lowest BCUT2D eigenvalue weighted by molar-refractivity contribution is -0.121. The summed E-state index contributed by atoms with van der Waals surface area (Å²) in [6, 6.07) is 0. The number of carbonyl (C=O) groups is 1. The Balaban J connectivity index is 1.55. The van der Waals surface area contributed by atoms with Crippen LogP contribution < -0.4 is 10.9 Å². The molecule has 1 amide bonds. The van der Waals surface area contributed by atoms with Crippen LogP contribution in [-0.2, 0) is 18.3 Å². The largest absolute Gasteiger partial charge is 0.356 e. The maximum Gasteiger partial charge on any atom is 0.253 e. The van der Waals surface area contributed by atoms with E-state index in [0.717, 1.165) is 54.9 Å². The molecule has 1 aliphatic heterocycles. The highest BCUT2D eigenvalue weighted by atomic mass is 16.1. The van der Waals surface area contributed by atoms with E-state index in [1.165, 1.54) is 0 Å². The molecule has 2 aromatic rings. The first-order valence-electron chi connectivity index (χ1n) is 10.3. The standard InChI is InChI=1S/C21H33N5O2/c1-13(2)11-26-9-8-16(12-26)10-22-18(27)7-6-17-14(3)19-15(4)24-25(5)20(19)23-21(17)28/h13,16H,6-12H2,1-5H3,(H,22,27)(H,23,28)/t16-/m0/s1. The fourth-order valence-electron chi connectivity index (χ4n) is 4.40. The lowest BCUT2D eigenvalue weighted by Crippen LogP contribution is -2.32. The van der Waals surface area contributed by atoms with Crippen LogP contribution >= 0.6 is 0 Å². The summed E-state index contributed by atoms with van der Waals surface area (Å²) in [4.78, 5) is 30.2. The van der Waals surface area contributed by atoms with E-state index in [0.29, 0.717) is 30.2 Å². The lowest BCUT2D eigenvalue weighted by atomic mass is 10.0. The van der Waals surface area contributed by atoms with Gasteiger partial charge in [-0.2, -0.15) is 5.10 Å². The molecule has 0 aromatic carbocycles. The number of amides is 1. The molecular formula is C21H33N5O2. The molecule has 2 aromatic heterocycles. The van der Waals surface area contributed by atoms with Crippen LogP contribution in [0, 0.1) is 25.7 Å². The molecule has 0 spiro atoms. The van der Waals surface area contributed by atoms with Crippen LogP contribution in [0.2, 0.25) is 0 Å². The summed E-state index contributed by atoms with van der Waals surface area (Å²) in [7, 11) is 1.82. The Labute approximate surface area is 166 Å². The number of aryl methyl sites for hydroxylation is 3. The Kier molecular flexibility index (Phi) is 6.23. The zero-order chi connectivity index (χ0) is 20.4. The molecule has 3 rings (SSSR count). The van der Waals surface area contributed by atoms with Gasteiger partial charge >= 0.3 is 0 Å². The van der Waals surface area contributed by atoms with E-state index in [4.69, 9.17) is 0 Å². The monoisotopic (exact) mass is 387 g/mol. The number of H-pyrrole nitrogens is 1. The molecule has 0 aliphatic carbocycles. The number of carbonyl (C=O) groups excluding carboxylic acids is 1.